The monoisotopic (exact) mass is 338 g/mol. The largest absolute Gasteiger partial charge is 0.333 e. The number of carbonyl (C=O) groups excluding carboxylic acids is 1. The molecule has 1 aromatic carbocycles. The Morgan fingerprint density at radius 1 is 1.08 bits per heavy atom. The number of carbonyl (C=O) groups is 1. The van der Waals surface area contributed by atoms with Crippen molar-refractivity contribution in [3.8, 4) is 0 Å². The van der Waals surface area contributed by atoms with Crippen molar-refractivity contribution in [2.45, 2.75) is 44.3 Å². The van der Waals surface area contributed by atoms with Crippen LogP contribution in [0.25, 0.3) is 0 Å². The van der Waals surface area contributed by atoms with Crippen molar-refractivity contribution in [3.05, 3.63) is 53.9 Å². The molecular formula is C20H26N4O. The van der Waals surface area contributed by atoms with E-state index in [1.165, 1.54) is 18.4 Å². The summed E-state index contributed by atoms with van der Waals surface area (Å²) in [6.45, 7) is 2.98. The molecule has 0 unspecified atom stereocenters. The van der Waals surface area contributed by atoms with Crippen molar-refractivity contribution in [3.63, 3.8) is 0 Å². The maximum absolute atomic E-state index is 13.0. The fourth-order valence-corrected chi connectivity index (χ4v) is 4.48. The second-order valence-electron chi connectivity index (χ2n) is 7.21. The van der Waals surface area contributed by atoms with Gasteiger partial charge in [0.05, 0.1) is 0 Å². The fourth-order valence-electron chi connectivity index (χ4n) is 4.48. The topological polar surface area (TPSA) is 41.4 Å². The number of nitrogens with zero attached hydrogens (tertiary/aromatic N) is 4. The van der Waals surface area contributed by atoms with Crippen LogP contribution < -0.4 is 0 Å². The summed E-state index contributed by atoms with van der Waals surface area (Å²) < 4.78 is 1.69. The van der Waals surface area contributed by atoms with Gasteiger partial charge in [0, 0.05) is 38.4 Å². The number of hydrogen-bond donors (Lipinski definition) is 0. The van der Waals surface area contributed by atoms with Gasteiger partial charge in [-0.1, -0.05) is 30.3 Å². The average molecular weight is 338 g/mol. The molecule has 0 spiro atoms. The number of benzene rings is 1. The van der Waals surface area contributed by atoms with E-state index in [0.717, 1.165) is 32.5 Å². The first kappa shape index (κ1) is 16.3. The molecule has 0 radical (unpaired) electrons. The van der Waals surface area contributed by atoms with Crippen LogP contribution in [0.4, 0.5) is 0 Å². The van der Waals surface area contributed by atoms with Crippen molar-refractivity contribution in [1.29, 1.82) is 0 Å². The summed E-state index contributed by atoms with van der Waals surface area (Å²) in [5.41, 5.74) is 2.05. The van der Waals surface area contributed by atoms with Gasteiger partial charge in [0.1, 0.15) is 5.69 Å². The highest BCUT2D eigenvalue weighted by Gasteiger charge is 2.40. The summed E-state index contributed by atoms with van der Waals surface area (Å²) in [4.78, 5) is 17.7. The Labute approximate surface area is 149 Å². The van der Waals surface area contributed by atoms with Gasteiger partial charge in [-0.05, 0) is 43.9 Å². The number of amides is 1. The average Bonchev–Trinajstić information content (AvgIpc) is 3.35. The van der Waals surface area contributed by atoms with Crippen LogP contribution in [0.3, 0.4) is 0 Å². The van der Waals surface area contributed by atoms with Crippen LogP contribution in [0.2, 0.25) is 0 Å². The lowest BCUT2D eigenvalue weighted by Gasteiger charge is -2.35. The van der Waals surface area contributed by atoms with Gasteiger partial charge in [0.15, 0.2) is 0 Å². The summed E-state index contributed by atoms with van der Waals surface area (Å²) in [5.74, 6) is 0.133. The summed E-state index contributed by atoms with van der Waals surface area (Å²) in [5, 5.41) is 4.16. The van der Waals surface area contributed by atoms with E-state index in [-0.39, 0.29) is 5.91 Å². The molecule has 1 aromatic heterocycles. The maximum Gasteiger partial charge on any atom is 0.272 e. The Bertz CT molecular complexity index is 726. The van der Waals surface area contributed by atoms with E-state index in [2.05, 4.69) is 45.2 Å². The Hall–Kier alpha value is -2.14. The third-order valence-corrected chi connectivity index (χ3v) is 5.69. The van der Waals surface area contributed by atoms with Crippen LogP contribution >= 0.6 is 0 Å². The predicted molar refractivity (Wildman–Crippen MR) is 97.1 cm³/mol. The van der Waals surface area contributed by atoms with Crippen molar-refractivity contribution in [2.24, 2.45) is 7.05 Å². The molecule has 3 heterocycles. The van der Waals surface area contributed by atoms with Gasteiger partial charge in [0.2, 0.25) is 0 Å². The molecule has 2 atom stereocenters. The Morgan fingerprint density at radius 2 is 1.84 bits per heavy atom. The molecule has 2 fully saturated rings. The second-order valence-corrected chi connectivity index (χ2v) is 7.21. The lowest BCUT2D eigenvalue weighted by molar-refractivity contribution is 0.0628. The first-order valence-electron chi connectivity index (χ1n) is 9.31. The van der Waals surface area contributed by atoms with Crippen molar-refractivity contribution in [2.75, 3.05) is 13.1 Å². The molecule has 132 valence electrons. The van der Waals surface area contributed by atoms with E-state index in [1.807, 2.05) is 13.1 Å². The molecule has 0 N–H and O–H groups in total. The minimum absolute atomic E-state index is 0.133. The fraction of sp³-hybridized carbons (Fsp3) is 0.500. The smallest absolute Gasteiger partial charge is 0.272 e. The van der Waals surface area contributed by atoms with E-state index in [0.29, 0.717) is 17.8 Å². The zero-order chi connectivity index (χ0) is 17.2. The number of hydrogen-bond acceptors (Lipinski definition) is 3. The highest BCUT2D eigenvalue weighted by atomic mass is 16.2. The Morgan fingerprint density at radius 3 is 2.60 bits per heavy atom. The summed E-state index contributed by atoms with van der Waals surface area (Å²) in [6.07, 6.45) is 6.33. The van der Waals surface area contributed by atoms with Crippen LogP contribution in [0.1, 0.15) is 41.7 Å². The molecule has 2 aliphatic heterocycles. The van der Waals surface area contributed by atoms with Gasteiger partial charge in [-0.25, -0.2) is 0 Å². The Balaban J connectivity index is 1.51. The molecule has 2 aliphatic rings. The summed E-state index contributed by atoms with van der Waals surface area (Å²) >= 11 is 0. The lowest BCUT2D eigenvalue weighted by atomic mass is 10.0. The molecule has 0 aliphatic carbocycles. The molecule has 5 nitrogen and oxygen atoms in total. The van der Waals surface area contributed by atoms with Crippen LogP contribution in [-0.2, 0) is 13.6 Å². The van der Waals surface area contributed by atoms with Crippen LogP contribution in [0.15, 0.2) is 42.6 Å². The normalized spacial score (nSPS) is 24.1. The number of aromatic nitrogens is 2. The molecular weight excluding hydrogens is 312 g/mol. The highest BCUT2D eigenvalue weighted by molar-refractivity contribution is 5.93. The van der Waals surface area contributed by atoms with Crippen molar-refractivity contribution < 1.29 is 4.79 Å². The molecule has 2 saturated heterocycles. The van der Waals surface area contributed by atoms with Crippen molar-refractivity contribution >= 4 is 5.91 Å². The zero-order valence-electron chi connectivity index (χ0n) is 14.8. The third-order valence-electron chi connectivity index (χ3n) is 5.69. The van der Waals surface area contributed by atoms with Gasteiger partial charge in [0.25, 0.3) is 5.91 Å². The minimum Gasteiger partial charge on any atom is -0.333 e. The van der Waals surface area contributed by atoms with Crippen LogP contribution in [0.5, 0.6) is 0 Å². The number of likely N-dealkylation sites (tertiary alicyclic amines) is 2. The van der Waals surface area contributed by atoms with Gasteiger partial charge < -0.3 is 4.90 Å². The minimum atomic E-state index is 0.133. The van der Waals surface area contributed by atoms with Crippen LogP contribution in [0, 0.1) is 0 Å². The molecule has 2 aromatic rings. The molecule has 5 heteroatoms. The number of rotatable bonds is 4. The molecule has 25 heavy (non-hydrogen) atoms. The first-order chi connectivity index (χ1) is 12.2. The second kappa shape index (κ2) is 7.00. The van der Waals surface area contributed by atoms with E-state index in [9.17, 15) is 4.79 Å². The SMILES string of the molecule is Cn1nccc1C(=O)N1CCC[C@H]1[C@@H]1CCCN1Cc1ccccc1. The van der Waals surface area contributed by atoms with Crippen LogP contribution in [-0.4, -0.2) is 50.7 Å². The third kappa shape index (κ3) is 3.21. The van der Waals surface area contributed by atoms with Gasteiger partial charge >= 0.3 is 0 Å². The van der Waals surface area contributed by atoms with Gasteiger partial charge in [-0.2, -0.15) is 5.10 Å². The number of aryl methyl sites for hydroxylation is 1. The predicted octanol–water partition coefficient (Wildman–Crippen LogP) is 2.69. The zero-order valence-corrected chi connectivity index (χ0v) is 14.8. The maximum atomic E-state index is 13.0. The summed E-state index contributed by atoms with van der Waals surface area (Å²) in [6, 6.07) is 13.3. The van der Waals surface area contributed by atoms with Crippen molar-refractivity contribution in [1.82, 2.24) is 19.6 Å². The Kier molecular flexibility index (Phi) is 4.57. The molecule has 4 rings (SSSR count). The van der Waals surface area contributed by atoms with Gasteiger partial charge in [-0.15, -0.1) is 0 Å². The van der Waals surface area contributed by atoms with E-state index >= 15 is 0 Å². The van der Waals surface area contributed by atoms with E-state index in [1.54, 1.807) is 10.9 Å². The molecule has 1 amide bonds. The quantitative estimate of drug-likeness (QED) is 0.861. The van der Waals surface area contributed by atoms with E-state index < -0.39 is 0 Å². The standard InChI is InChI=1S/C20H26N4O/c1-22-19(11-12-21-22)20(25)24-14-6-10-18(24)17-9-5-13-23(17)15-16-7-3-2-4-8-16/h2-4,7-8,11-12,17-18H,5-6,9-10,13-15H2,1H3/t17-,18-/m0/s1. The first-order valence-corrected chi connectivity index (χ1v) is 9.31. The van der Waals surface area contributed by atoms with E-state index in [4.69, 9.17) is 0 Å². The molecule has 0 saturated carbocycles. The van der Waals surface area contributed by atoms with Gasteiger partial charge in [-0.3, -0.25) is 14.4 Å². The highest BCUT2D eigenvalue weighted by Crippen LogP contribution is 2.32. The summed E-state index contributed by atoms with van der Waals surface area (Å²) in [7, 11) is 1.84. The lowest BCUT2D eigenvalue weighted by Crippen LogP contribution is -2.48. The molecule has 0 bridgehead atoms.